The number of hydrogen-bond donors (Lipinski definition) is 0. The average molecular weight is 296 g/mol. The standard InChI is InChI=1S/C12H9N3O2S.ClH/c1-8-4-2-6-14-10(8)13-12(18)15(14)11(16)9-5-3-7-17-9;/h2-7H,1H3;1H. The van der Waals surface area contributed by atoms with Crippen LogP contribution in [-0.4, -0.2) is 20.1 Å². The van der Waals surface area contributed by atoms with Crippen molar-refractivity contribution < 1.29 is 9.21 Å². The highest BCUT2D eigenvalue weighted by Gasteiger charge is 2.16. The van der Waals surface area contributed by atoms with Gasteiger partial charge in [-0.25, -0.2) is 4.52 Å². The number of carbonyl (C=O) groups is 1. The van der Waals surface area contributed by atoms with E-state index in [1.807, 2.05) is 19.1 Å². The van der Waals surface area contributed by atoms with Crippen LogP contribution in [0.5, 0.6) is 0 Å². The second-order valence-electron chi connectivity index (χ2n) is 3.85. The summed E-state index contributed by atoms with van der Waals surface area (Å²) in [6.07, 6.45) is 3.19. The first kappa shape index (κ1) is 13.5. The smallest absolute Gasteiger partial charge is 0.315 e. The predicted octanol–water partition coefficient (Wildman–Crippen LogP) is 2.88. The number of aromatic nitrogens is 3. The fourth-order valence-electron chi connectivity index (χ4n) is 1.81. The topological polar surface area (TPSA) is 52.4 Å². The first-order valence-electron chi connectivity index (χ1n) is 5.33. The second kappa shape index (κ2) is 4.99. The highest BCUT2D eigenvalue weighted by Crippen LogP contribution is 2.11. The van der Waals surface area contributed by atoms with Crippen molar-refractivity contribution in [1.82, 2.24) is 14.2 Å². The van der Waals surface area contributed by atoms with Crippen LogP contribution in [0.25, 0.3) is 5.65 Å². The molecule has 0 aliphatic carbocycles. The molecular weight excluding hydrogens is 286 g/mol. The molecule has 0 spiro atoms. The molecule has 0 saturated carbocycles. The summed E-state index contributed by atoms with van der Waals surface area (Å²) in [5.41, 5.74) is 1.62. The van der Waals surface area contributed by atoms with Crippen LogP contribution in [0.1, 0.15) is 16.1 Å². The lowest BCUT2D eigenvalue weighted by molar-refractivity contribution is 0.0910. The Bertz CT molecular complexity index is 789. The number of aryl methyl sites for hydroxylation is 1. The number of halogens is 1. The molecule has 3 rings (SSSR count). The third kappa shape index (κ3) is 2.09. The summed E-state index contributed by atoms with van der Waals surface area (Å²) >= 11 is 5.13. The Morgan fingerprint density at radius 1 is 1.37 bits per heavy atom. The van der Waals surface area contributed by atoms with E-state index in [-0.39, 0.29) is 28.8 Å². The summed E-state index contributed by atoms with van der Waals surface area (Å²) in [7, 11) is 0. The van der Waals surface area contributed by atoms with Crippen molar-refractivity contribution in [2.45, 2.75) is 6.92 Å². The minimum absolute atomic E-state index is 0. The molecule has 98 valence electrons. The van der Waals surface area contributed by atoms with Crippen LogP contribution < -0.4 is 0 Å². The number of nitrogens with zero attached hydrogens (tertiary/aromatic N) is 3. The summed E-state index contributed by atoms with van der Waals surface area (Å²) in [5.74, 6) is -0.0995. The molecule has 3 aromatic heterocycles. The lowest BCUT2D eigenvalue weighted by Crippen LogP contribution is -2.16. The van der Waals surface area contributed by atoms with E-state index in [1.165, 1.54) is 10.9 Å². The van der Waals surface area contributed by atoms with E-state index in [0.29, 0.717) is 5.65 Å². The lowest BCUT2D eigenvalue weighted by Gasteiger charge is -2.03. The molecule has 3 heterocycles. The monoisotopic (exact) mass is 295 g/mol. The Balaban J connectivity index is 0.00000133. The maximum atomic E-state index is 12.3. The zero-order chi connectivity index (χ0) is 12.7. The number of pyridine rings is 1. The molecule has 0 saturated heterocycles. The van der Waals surface area contributed by atoms with Crippen LogP contribution in [0.2, 0.25) is 0 Å². The predicted molar refractivity (Wildman–Crippen MR) is 74.4 cm³/mol. The SMILES string of the molecule is Cc1cccn2c1nc(=S)n2C(=O)c1ccco1.Cl. The van der Waals surface area contributed by atoms with Crippen LogP contribution in [0.3, 0.4) is 0 Å². The van der Waals surface area contributed by atoms with E-state index in [4.69, 9.17) is 16.6 Å². The van der Waals surface area contributed by atoms with Gasteiger partial charge in [0.15, 0.2) is 11.4 Å². The Morgan fingerprint density at radius 2 is 2.16 bits per heavy atom. The number of hydrogen-bond acceptors (Lipinski definition) is 4. The fraction of sp³-hybridized carbons (Fsp3) is 0.0833. The van der Waals surface area contributed by atoms with E-state index in [1.54, 1.807) is 22.8 Å². The summed E-state index contributed by atoms with van der Waals surface area (Å²) in [4.78, 5) is 16.5. The summed E-state index contributed by atoms with van der Waals surface area (Å²) in [6.45, 7) is 1.92. The highest BCUT2D eigenvalue weighted by atomic mass is 35.5. The largest absolute Gasteiger partial charge is 0.459 e. The zero-order valence-corrected chi connectivity index (χ0v) is 11.6. The maximum Gasteiger partial charge on any atom is 0.315 e. The van der Waals surface area contributed by atoms with Gasteiger partial charge < -0.3 is 4.42 Å². The minimum atomic E-state index is -0.330. The van der Waals surface area contributed by atoms with Gasteiger partial charge in [0.25, 0.3) is 0 Å². The van der Waals surface area contributed by atoms with Crippen molar-refractivity contribution in [2.75, 3.05) is 0 Å². The number of carbonyl (C=O) groups excluding carboxylic acids is 1. The molecule has 0 fully saturated rings. The van der Waals surface area contributed by atoms with Gasteiger partial charge in [0, 0.05) is 6.20 Å². The van der Waals surface area contributed by atoms with Crippen molar-refractivity contribution in [3.8, 4) is 0 Å². The summed E-state index contributed by atoms with van der Waals surface area (Å²) < 4.78 is 8.25. The number of furan rings is 1. The molecule has 0 bridgehead atoms. The maximum absolute atomic E-state index is 12.3. The Labute approximate surface area is 119 Å². The molecule has 5 nitrogen and oxygen atoms in total. The number of fused-ring (bicyclic) bond motifs is 1. The van der Waals surface area contributed by atoms with Gasteiger partial charge in [0.1, 0.15) is 0 Å². The average Bonchev–Trinajstić information content (AvgIpc) is 2.96. The summed E-state index contributed by atoms with van der Waals surface area (Å²) in [6, 6.07) is 7.01. The Kier molecular flexibility index (Phi) is 3.55. The van der Waals surface area contributed by atoms with Gasteiger partial charge >= 0.3 is 5.91 Å². The third-order valence-electron chi connectivity index (χ3n) is 2.67. The molecule has 7 heteroatoms. The van der Waals surface area contributed by atoms with Gasteiger partial charge in [-0.2, -0.15) is 9.67 Å². The zero-order valence-electron chi connectivity index (χ0n) is 9.94. The van der Waals surface area contributed by atoms with E-state index in [2.05, 4.69) is 4.98 Å². The van der Waals surface area contributed by atoms with E-state index in [9.17, 15) is 4.79 Å². The first-order valence-corrected chi connectivity index (χ1v) is 5.74. The first-order chi connectivity index (χ1) is 8.68. The second-order valence-corrected chi connectivity index (χ2v) is 4.21. The molecule has 0 aliphatic rings. The molecule has 0 aromatic carbocycles. The van der Waals surface area contributed by atoms with Gasteiger partial charge in [-0.3, -0.25) is 4.79 Å². The Hall–Kier alpha value is -1.92. The van der Waals surface area contributed by atoms with E-state index < -0.39 is 0 Å². The molecule has 3 aromatic rings. The third-order valence-corrected chi connectivity index (χ3v) is 2.93. The van der Waals surface area contributed by atoms with Crippen molar-refractivity contribution in [2.24, 2.45) is 0 Å². The molecule has 0 atom stereocenters. The quantitative estimate of drug-likeness (QED) is 0.648. The van der Waals surface area contributed by atoms with Crippen LogP contribution in [-0.2, 0) is 0 Å². The van der Waals surface area contributed by atoms with Crippen molar-refractivity contribution in [3.05, 3.63) is 52.8 Å². The van der Waals surface area contributed by atoms with Gasteiger partial charge in [-0.1, -0.05) is 6.07 Å². The minimum Gasteiger partial charge on any atom is -0.459 e. The van der Waals surface area contributed by atoms with Crippen molar-refractivity contribution in [3.63, 3.8) is 0 Å². The van der Waals surface area contributed by atoms with Crippen LogP contribution >= 0.6 is 24.6 Å². The van der Waals surface area contributed by atoms with Crippen LogP contribution in [0.4, 0.5) is 0 Å². The van der Waals surface area contributed by atoms with E-state index >= 15 is 0 Å². The molecule has 0 aliphatic heterocycles. The molecule has 0 radical (unpaired) electrons. The van der Waals surface area contributed by atoms with Gasteiger partial charge in [-0.15, -0.1) is 12.4 Å². The fourth-order valence-corrected chi connectivity index (χ4v) is 2.07. The Morgan fingerprint density at radius 3 is 2.84 bits per heavy atom. The molecule has 0 unspecified atom stereocenters. The molecule has 0 amide bonds. The lowest BCUT2D eigenvalue weighted by atomic mass is 10.3. The number of rotatable bonds is 1. The molecular formula is C12H10ClN3O2S. The van der Waals surface area contributed by atoms with Crippen LogP contribution in [0, 0.1) is 11.7 Å². The normalized spacial score (nSPS) is 10.4. The van der Waals surface area contributed by atoms with E-state index in [0.717, 1.165) is 5.56 Å². The van der Waals surface area contributed by atoms with Crippen molar-refractivity contribution in [1.29, 1.82) is 0 Å². The summed E-state index contributed by atoms with van der Waals surface area (Å²) in [5, 5.41) is 0. The van der Waals surface area contributed by atoms with Crippen LogP contribution in [0.15, 0.2) is 41.1 Å². The molecule has 0 N–H and O–H groups in total. The van der Waals surface area contributed by atoms with Gasteiger partial charge in [-0.05, 0) is 42.9 Å². The van der Waals surface area contributed by atoms with Gasteiger partial charge in [0.2, 0.25) is 4.77 Å². The molecule has 19 heavy (non-hydrogen) atoms. The van der Waals surface area contributed by atoms with Crippen molar-refractivity contribution >= 4 is 36.2 Å². The highest BCUT2D eigenvalue weighted by molar-refractivity contribution is 7.71. The van der Waals surface area contributed by atoms with Gasteiger partial charge in [0.05, 0.1) is 6.26 Å².